The zero-order chi connectivity index (χ0) is 16.4. The largest absolute Gasteiger partial charge is 0.333 e. The second-order valence-corrected chi connectivity index (χ2v) is 6.52. The van der Waals surface area contributed by atoms with Crippen molar-refractivity contribution in [3.05, 3.63) is 34.9 Å². The molecule has 2 fully saturated rings. The van der Waals surface area contributed by atoms with Crippen LogP contribution < -0.4 is 0 Å². The van der Waals surface area contributed by atoms with E-state index in [1.54, 1.807) is 6.07 Å². The van der Waals surface area contributed by atoms with E-state index >= 15 is 0 Å². The van der Waals surface area contributed by atoms with Crippen LogP contribution in [0.1, 0.15) is 37.7 Å². The maximum atomic E-state index is 12.6. The number of amides is 4. The molecule has 5 nitrogen and oxygen atoms in total. The van der Waals surface area contributed by atoms with Crippen molar-refractivity contribution in [2.75, 3.05) is 6.54 Å². The minimum absolute atomic E-state index is 0.0447. The summed E-state index contributed by atoms with van der Waals surface area (Å²) >= 11 is 5.95. The Bertz CT molecular complexity index is 640. The third-order valence-corrected chi connectivity index (χ3v) is 4.75. The Balaban J connectivity index is 1.71. The number of rotatable bonds is 4. The van der Waals surface area contributed by atoms with Gasteiger partial charge in [0.1, 0.15) is 6.42 Å². The van der Waals surface area contributed by atoms with Crippen LogP contribution in [0, 0.1) is 0 Å². The van der Waals surface area contributed by atoms with Gasteiger partial charge in [0.15, 0.2) is 0 Å². The van der Waals surface area contributed by atoms with Crippen LogP contribution in [0.4, 0.5) is 4.79 Å². The van der Waals surface area contributed by atoms with Crippen molar-refractivity contribution < 1.29 is 14.4 Å². The van der Waals surface area contributed by atoms with Gasteiger partial charge in [0.2, 0.25) is 11.8 Å². The second kappa shape index (κ2) is 6.71. The molecule has 1 aromatic rings. The lowest BCUT2D eigenvalue weighted by atomic mass is 10.1. The quantitative estimate of drug-likeness (QED) is 0.795. The topological polar surface area (TPSA) is 57.7 Å². The number of halogens is 1. The average Bonchev–Trinajstić information content (AvgIpc) is 3.00. The highest BCUT2D eigenvalue weighted by molar-refractivity contribution is 6.30. The molecule has 3 rings (SSSR count). The zero-order valence-electron chi connectivity index (χ0n) is 12.8. The molecular formula is C17H19ClN2O3. The molecule has 0 bridgehead atoms. The number of hydrogen-bond donors (Lipinski definition) is 0. The number of benzene rings is 1. The minimum Gasteiger partial charge on any atom is -0.274 e. The monoisotopic (exact) mass is 334 g/mol. The number of carbonyl (C=O) groups is 3. The van der Waals surface area contributed by atoms with Crippen LogP contribution >= 0.6 is 11.6 Å². The van der Waals surface area contributed by atoms with Gasteiger partial charge in [0, 0.05) is 17.6 Å². The van der Waals surface area contributed by atoms with Gasteiger partial charge in [-0.15, -0.1) is 0 Å². The van der Waals surface area contributed by atoms with E-state index in [-0.39, 0.29) is 24.9 Å². The highest BCUT2D eigenvalue weighted by Crippen LogP contribution is 2.27. The SMILES string of the molecule is O=C1CC(=O)N(C2CCCC2)C(=O)N1CCc1cccc(Cl)c1. The van der Waals surface area contributed by atoms with Gasteiger partial charge in [-0.3, -0.25) is 19.4 Å². The van der Waals surface area contributed by atoms with Crippen molar-refractivity contribution in [3.8, 4) is 0 Å². The summed E-state index contributed by atoms with van der Waals surface area (Å²) in [4.78, 5) is 39.3. The van der Waals surface area contributed by atoms with Gasteiger partial charge >= 0.3 is 6.03 Å². The molecule has 0 radical (unpaired) electrons. The van der Waals surface area contributed by atoms with Crippen molar-refractivity contribution in [2.45, 2.75) is 44.6 Å². The first-order chi connectivity index (χ1) is 11.1. The summed E-state index contributed by atoms with van der Waals surface area (Å²) in [5.41, 5.74) is 0.961. The molecule has 0 atom stereocenters. The molecule has 0 unspecified atom stereocenters. The molecule has 1 heterocycles. The lowest BCUT2D eigenvalue weighted by molar-refractivity contribution is -0.143. The Morgan fingerprint density at radius 1 is 1.09 bits per heavy atom. The zero-order valence-corrected chi connectivity index (χ0v) is 13.6. The van der Waals surface area contributed by atoms with E-state index in [1.807, 2.05) is 18.2 Å². The fourth-order valence-corrected chi connectivity index (χ4v) is 3.54. The van der Waals surface area contributed by atoms with Crippen molar-refractivity contribution in [2.24, 2.45) is 0 Å². The van der Waals surface area contributed by atoms with E-state index in [0.29, 0.717) is 11.4 Å². The molecule has 1 aliphatic heterocycles. The standard InChI is InChI=1S/C17H19ClN2O3/c18-13-5-3-4-12(10-13)8-9-19-15(21)11-16(22)20(17(19)23)14-6-1-2-7-14/h3-5,10,14H,1-2,6-9,11H2. The molecular weight excluding hydrogens is 316 g/mol. The van der Waals surface area contributed by atoms with Gasteiger partial charge in [0.25, 0.3) is 0 Å². The first kappa shape index (κ1) is 16.0. The third kappa shape index (κ3) is 3.39. The van der Waals surface area contributed by atoms with Gasteiger partial charge in [-0.2, -0.15) is 0 Å². The predicted molar refractivity (Wildman–Crippen MR) is 86.0 cm³/mol. The van der Waals surface area contributed by atoms with Crippen LogP contribution in [-0.2, 0) is 16.0 Å². The van der Waals surface area contributed by atoms with Crippen LogP contribution in [0.15, 0.2) is 24.3 Å². The van der Waals surface area contributed by atoms with Crippen molar-refractivity contribution in [3.63, 3.8) is 0 Å². The molecule has 1 saturated carbocycles. The number of nitrogens with zero attached hydrogens (tertiary/aromatic N) is 2. The Morgan fingerprint density at radius 3 is 2.52 bits per heavy atom. The van der Waals surface area contributed by atoms with Crippen LogP contribution in [0.25, 0.3) is 0 Å². The number of hydrogen-bond acceptors (Lipinski definition) is 3. The Hall–Kier alpha value is -1.88. The van der Waals surface area contributed by atoms with E-state index in [0.717, 1.165) is 31.2 Å². The number of urea groups is 1. The fraction of sp³-hybridized carbons (Fsp3) is 0.471. The number of barbiturate groups is 1. The highest BCUT2D eigenvalue weighted by Gasteiger charge is 2.41. The van der Waals surface area contributed by atoms with Crippen LogP contribution in [-0.4, -0.2) is 40.2 Å². The molecule has 1 aromatic carbocycles. The molecule has 23 heavy (non-hydrogen) atoms. The average molecular weight is 335 g/mol. The Morgan fingerprint density at radius 2 is 1.83 bits per heavy atom. The van der Waals surface area contributed by atoms with Gasteiger partial charge in [-0.05, 0) is 37.0 Å². The molecule has 0 spiro atoms. The molecule has 2 aliphatic rings. The lowest BCUT2D eigenvalue weighted by Crippen LogP contribution is -2.58. The number of imide groups is 2. The van der Waals surface area contributed by atoms with E-state index in [9.17, 15) is 14.4 Å². The fourth-order valence-electron chi connectivity index (χ4n) is 3.33. The smallest absolute Gasteiger partial charge is 0.274 e. The van der Waals surface area contributed by atoms with Crippen LogP contribution in [0.3, 0.4) is 0 Å². The molecule has 0 N–H and O–H groups in total. The van der Waals surface area contributed by atoms with Crippen LogP contribution in [0.5, 0.6) is 0 Å². The van der Waals surface area contributed by atoms with Gasteiger partial charge < -0.3 is 0 Å². The molecule has 6 heteroatoms. The Labute approximate surface area is 140 Å². The van der Waals surface area contributed by atoms with Crippen molar-refractivity contribution in [1.29, 1.82) is 0 Å². The Kier molecular flexibility index (Phi) is 4.66. The van der Waals surface area contributed by atoms with Crippen LogP contribution in [0.2, 0.25) is 5.02 Å². The summed E-state index contributed by atoms with van der Waals surface area (Å²) in [6, 6.07) is 6.84. The molecule has 0 aromatic heterocycles. The predicted octanol–water partition coefficient (Wildman–Crippen LogP) is 3.01. The second-order valence-electron chi connectivity index (χ2n) is 6.09. The normalized spacial score (nSPS) is 19.8. The molecule has 1 aliphatic carbocycles. The van der Waals surface area contributed by atoms with Crippen molar-refractivity contribution >= 4 is 29.4 Å². The lowest BCUT2D eigenvalue weighted by Gasteiger charge is -2.36. The summed E-state index contributed by atoms with van der Waals surface area (Å²) in [5.74, 6) is -0.762. The van der Waals surface area contributed by atoms with Gasteiger partial charge in [-0.1, -0.05) is 36.6 Å². The number of carbonyl (C=O) groups excluding carboxylic acids is 3. The molecule has 1 saturated heterocycles. The molecule has 122 valence electrons. The summed E-state index contributed by atoms with van der Waals surface area (Å²) in [5, 5.41) is 0.626. The highest BCUT2D eigenvalue weighted by atomic mass is 35.5. The van der Waals surface area contributed by atoms with E-state index in [2.05, 4.69) is 0 Å². The van der Waals surface area contributed by atoms with Gasteiger partial charge in [-0.25, -0.2) is 4.79 Å². The van der Waals surface area contributed by atoms with Gasteiger partial charge in [0.05, 0.1) is 0 Å². The minimum atomic E-state index is -0.458. The van der Waals surface area contributed by atoms with Crippen molar-refractivity contribution in [1.82, 2.24) is 9.80 Å². The third-order valence-electron chi connectivity index (χ3n) is 4.51. The summed E-state index contributed by atoms with van der Waals surface area (Å²) < 4.78 is 0. The van der Waals surface area contributed by atoms with E-state index in [1.165, 1.54) is 9.80 Å². The maximum absolute atomic E-state index is 12.6. The summed E-state index contributed by atoms with van der Waals surface area (Å²) in [6.07, 6.45) is 4.06. The first-order valence-electron chi connectivity index (χ1n) is 7.97. The maximum Gasteiger partial charge on any atom is 0.333 e. The van der Waals surface area contributed by atoms with E-state index < -0.39 is 11.9 Å². The molecule has 4 amide bonds. The summed E-state index contributed by atoms with van der Waals surface area (Å²) in [7, 11) is 0. The first-order valence-corrected chi connectivity index (χ1v) is 8.35. The summed E-state index contributed by atoms with van der Waals surface area (Å²) in [6.45, 7) is 0.272. The van der Waals surface area contributed by atoms with E-state index in [4.69, 9.17) is 11.6 Å².